The minimum atomic E-state index is 0.175. The second kappa shape index (κ2) is 4.67. The average Bonchev–Trinajstić information content (AvgIpc) is 2.14. The summed E-state index contributed by atoms with van der Waals surface area (Å²) in [6, 6.07) is 4.12. The zero-order valence-electron chi connectivity index (χ0n) is 12.2. The monoisotopic (exact) mass is 235 g/mol. The van der Waals surface area contributed by atoms with Gasteiger partial charge >= 0.3 is 0 Å². The van der Waals surface area contributed by atoms with Crippen molar-refractivity contribution in [2.24, 2.45) is 10.8 Å². The molecule has 0 spiro atoms. The van der Waals surface area contributed by atoms with E-state index in [-0.39, 0.29) is 10.8 Å². The van der Waals surface area contributed by atoms with Crippen LogP contribution in [0, 0.1) is 10.8 Å². The lowest BCUT2D eigenvalue weighted by atomic mass is 9.64. The third-order valence-corrected chi connectivity index (χ3v) is 3.04. The Kier molecular flexibility index (Phi) is 3.85. The highest BCUT2D eigenvalue weighted by Gasteiger charge is 2.37. The second-order valence-electron chi connectivity index (χ2n) is 6.77. The largest absolute Gasteiger partial charge is 0.481 e. The highest BCUT2D eigenvalue weighted by Crippen LogP contribution is 2.49. The predicted molar refractivity (Wildman–Crippen MR) is 72.4 cm³/mol. The molecule has 0 fully saturated rings. The number of hydrogen-bond acceptors (Lipinski definition) is 2. The van der Waals surface area contributed by atoms with Crippen LogP contribution in [0.2, 0.25) is 0 Å². The van der Waals surface area contributed by atoms with E-state index in [9.17, 15) is 0 Å². The van der Waals surface area contributed by atoms with Crippen molar-refractivity contribution in [2.75, 3.05) is 7.11 Å². The number of methoxy groups -OCH3 is 1. The Balaban J connectivity index is 3.33. The molecule has 1 aromatic rings. The minimum absolute atomic E-state index is 0.175. The van der Waals surface area contributed by atoms with Gasteiger partial charge in [0.2, 0.25) is 5.88 Å². The van der Waals surface area contributed by atoms with Gasteiger partial charge in [-0.2, -0.15) is 0 Å². The molecule has 0 aromatic carbocycles. The van der Waals surface area contributed by atoms with Crippen LogP contribution in [0.15, 0.2) is 18.3 Å². The van der Waals surface area contributed by atoms with Gasteiger partial charge in [0.1, 0.15) is 0 Å². The first-order chi connectivity index (χ1) is 7.68. The average molecular weight is 235 g/mol. The van der Waals surface area contributed by atoms with Gasteiger partial charge in [-0.05, 0) is 22.8 Å². The summed E-state index contributed by atoms with van der Waals surface area (Å²) in [5.41, 5.74) is 1.55. The van der Waals surface area contributed by atoms with Crippen LogP contribution >= 0.6 is 0 Å². The highest BCUT2D eigenvalue weighted by atomic mass is 16.5. The van der Waals surface area contributed by atoms with Gasteiger partial charge < -0.3 is 4.74 Å². The molecule has 0 unspecified atom stereocenters. The number of rotatable bonds is 2. The van der Waals surface area contributed by atoms with Crippen LogP contribution in [-0.4, -0.2) is 12.1 Å². The van der Waals surface area contributed by atoms with Crippen molar-refractivity contribution < 1.29 is 4.74 Å². The summed E-state index contributed by atoms with van der Waals surface area (Å²) in [6.45, 7) is 13.6. The fraction of sp³-hybridized carbons (Fsp3) is 0.667. The molecule has 0 saturated carbocycles. The van der Waals surface area contributed by atoms with Crippen LogP contribution in [0.5, 0.6) is 5.88 Å². The molecule has 96 valence electrons. The van der Waals surface area contributed by atoms with E-state index in [4.69, 9.17) is 4.74 Å². The van der Waals surface area contributed by atoms with Crippen LogP contribution in [-0.2, 0) is 0 Å². The lowest BCUT2D eigenvalue weighted by molar-refractivity contribution is 0.171. The molecule has 0 N–H and O–H groups in total. The molecule has 17 heavy (non-hydrogen) atoms. The van der Waals surface area contributed by atoms with Crippen LogP contribution in [0.1, 0.15) is 53.0 Å². The molecule has 2 nitrogen and oxygen atoms in total. The number of aromatic nitrogens is 1. The molecule has 0 atom stereocenters. The molecule has 1 heterocycles. The van der Waals surface area contributed by atoms with E-state index in [1.807, 2.05) is 6.07 Å². The zero-order chi connectivity index (χ0) is 13.3. The number of ether oxygens (including phenoxy) is 1. The number of nitrogens with zero attached hydrogens (tertiary/aromatic N) is 1. The van der Waals surface area contributed by atoms with E-state index >= 15 is 0 Å². The smallest absolute Gasteiger partial charge is 0.216 e. The van der Waals surface area contributed by atoms with Crippen molar-refractivity contribution in [3.8, 4) is 5.88 Å². The quantitative estimate of drug-likeness (QED) is 0.764. The first-order valence-electron chi connectivity index (χ1n) is 6.17. The summed E-state index contributed by atoms with van der Waals surface area (Å²) in [6.07, 6.45) is 1.78. The van der Waals surface area contributed by atoms with Crippen LogP contribution in [0.3, 0.4) is 0 Å². The van der Waals surface area contributed by atoms with E-state index in [1.165, 1.54) is 5.56 Å². The molecule has 0 aliphatic carbocycles. The Morgan fingerprint density at radius 2 is 1.59 bits per heavy atom. The Labute approximate surface area is 105 Å². The summed E-state index contributed by atoms with van der Waals surface area (Å²) in [4.78, 5) is 4.32. The maximum Gasteiger partial charge on any atom is 0.216 e. The van der Waals surface area contributed by atoms with Crippen molar-refractivity contribution in [3.63, 3.8) is 0 Å². The molecule has 0 amide bonds. The predicted octanol–water partition coefficient (Wildman–Crippen LogP) is 4.27. The molecule has 1 rings (SSSR count). The molecular weight excluding hydrogens is 210 g/mol. The fourth-order valence-electron chi connectivity index (χ4n) is 3.03. The maximum atomic E-state index is 5.41. The lowest BCUT2D eigenvalue weighted by Gasteiger charge is -2.41. The zero-order valence-corrected chi connectivity index (χ0v) is 12.2. The third-order valence-electron chi connectivity index (χ3n) is 3.04. The summed E-state index contributed by atoms with van der Waals surface area (Å²) in [7, 11) is 1.69. The van der Waals surface area contributed by atoms with Gasteiger partial charge in [0.05, 0.1) is 7.11 Å². The van der Waals surface area contributed by atoms with Crippen LogP contribution < -0.4 is 4.74 Å². The Bertz CT molecular complexity index is 357. The molecule has 0 aliphatic heterocycles. The van der Waals surface area contributed by atoms with E-state index in [0.29, 0.717) is 5.92 Å². The summed E-state index contributed by atoms with van der Waals surface area (Å²) in [5, 5.41) is 0. The standard InChI is InChI=1S/C15H25NO/c1-14(2,3)12(15(4,5)6)11-9-8-10-16-13(11)17-7/h8-10,12H,1-7H3. The van der Waals surface area contributed by atoms with Crippen molar-refractivity contribution in [3.05, 3.63) is 23.9 Å². The highest BCUT2D eigenvalue weighted by molar-refractivity contribution is 5.32. The van der Waals surface area contributed by atoms with E-state index in [2.05, 4.69) is 52.6 Å². The lowest BCUT2D eigenvalue weighted by Crippen LogP contribution is -2.30. The van der Waals surface area contributed by atoms with Gasteiger partial charge in [-0.3, -0.25) is 0 Å². The SMILES string of the molecule is COc1ncccc1C(C(C)(C)C)C(C)(C)C. The van der Waals surface area contributed by atoms with E-state index in [1.54, 1.807) is 13.3 Å². The van der Waals surface area contributed by atoms with Gasteiger partial charge in [0.25, 0.3) is 0 Å². The first kappa shape index (κ1) is 14.0. The summed E-state index contributed by atoms with van der Waals surface area (Å²) >= 11 is 0. The Morgan fingerprint density at radius 1 is 1.06 bits per heavy atom. The minimum Gasteiger partial charge on any atom is -0.481 e. The molecule has 1 aromatic heterocycles. The van der Waals surface area contributed by atoms with Crippen molar-refractivity contribution in [2.45, 2.75) is 47.5 Å². The number of hydrogen-bond donors (Lipinski definition) is 0. The molecule has 0 aliphatic rings. The topological polar surface area (TPSA) is 22.1 Å². The Hall–Kier alpha value is -1.05. The van der Waals surface area contributed by atoms with Gasteiger partial charge in [-0.15, -0.1) is 0 Å². The van der Waals surface area contributed by atoms with Crippen LogP contribution in [0.25, 0.3) is 0 Å². The maximum absolute atomic E-state index is 5.41. The van der Waals surface area contributed by atoms with Crippen molar-refractivity contribution in [1.82, 2.24) is 4.98 Å². The van der Waals surface area contributed by atoms with Gasteiger partial charge in [0.15, 0.2) is 0 Å². The number of pyridine rings is 1. The normalized spacial score (nSPS) is 12.9. The molecular formula is C15H25NO. The van der Waals surface area contributed by atoms with Crippen LogP contribution in [0.4, 0.5) is 0 Å². The third kappa shape index (κ3) is 3.21. The second-order valence-corrected chi connectivity index (χ2v) is 6.77. The summed E-state index contributed by atoms with van der Waals surface area (Å²) < 4.78 is 5.41. The molecule has 0 radical (unpaired) electrons. The molecule has 0 bridgehead atoms. The van der Waals surface area contributed by atoms with E-state index in [0.717, 1.165) is 5.88 Å². The first-order valence-corrected chi connectivity index (χ1v) is 6.17. The van der Waals surface area contributed by atoms with Crippen molar-refractivity contribution >= 4 is 0 Å². The molecule has 0 saturated heterocycles. The van der Waals surface area contributed by atoms with Gasteiger partial charge in [-0.25, -0.2) is 4.98 Å². The fourth-order valence-corrected chi connectivity index (χ4v) is 3.03. The van der Waals surface area contributed by atoms with Gasteiger partial charge in [-0.1, -0.05) is 47.6 Å². The summed E-state index contributed by atoms with van der Waals surface area (Å²) in [5.74, 6) is 1.15. The van der Waals surface area contributed by atoms with E-state index < -0.39 is 0 Å². The Morgan fingerprint density at radius 3 is 2.00 bits per heavy atom. The molecule has 2 heteroatoms. The van der Waals surface area contributed by atoms with Crippen molar-refractivity contribution in [1.29, 1.82) is 0 Å². The van der Waals surface area contributed by atoms with Gasteiger partial charge in [0, 0.05) is 11.8 Å².